The van der Waals surface area contributed by atoms with Gasteiger partial charge in [-0.2, -0.15) is 0 Å². The van der Waals surface area contributed by atoms with Gasteiger partial charge in [0.05, 0.1) is 4.90 Å². The molecule has 1 aliphatic heterocycles. The molecule has 2 aliphatic rings. The van der Waals surface area contributed by atoms with Gasteiger partial charge in [0.2, 0.25) is 15.9 Å². The normalized spacial score (nSPS) is 19.8. The summed E-state index contributed by atoms with van der Waals surface area (Å²) in [6, 6.07) is 3.59. The van der Waals surface area contributed by atoms with Crippen LogP contribution in [0.4, 0.5) is 4.39 Å². The van der Waals surface area contributed by atoms with Gasteiger partial charge in [0.15, 0.2) is 0 Å². The van der Waals surface area contributed by atoms with Crippen LogP contribution in [0.15, 0.2) is 23.1 Å². The summed E-state index contributed by atoms with van der Waals surface area (Å²) in [5.41, 5.74) is 0.303. The Morgan fingerprint density at radius 1 is 1.22 bits per heavy atom. The molecule has 1 aromatic carbocycles. The molecular weight excluding hydrogens is 319 g/mol. The molecule has 5 nitrogen and oxygen atoms in total. The van der Waals surface area contributed by atoms with Gasteiger partial charge >= 0.3 is 0 Å². The van der Waals surface area contributed by atoms with Gasteiger partial charge in [-0.3, -0.25) is 4.79 Å². The average molecular weight is 340 g/mol. The number of sulfonamides is 1. The fourth-order valence-electron chi connectivity index (χ4n) is 2.88. The Morgan fingerprint density at radius 2 is 1.87 bits per heavy atom. The van der Waals surface area contributed by atoms with Crippen molar-refractivity contribution in [1.82, 2.24) is 9.62 Å². The van der Waals surface area contributed by atoms with E-state index in [-0.39, 0.29) is 22.8 Å². The third-order valence-corrected chi connectivity index (χ3v) is 6.01. The predicted molar refractivity (Wildman–Crippen MR) is 83.8 cm³/mol. The minimum absolute atomic E-state index is 0.0767. The molecule has 7 heteroatoms. The molecule has 23 heavy (non-hydrogen) atoms. The second-order valence-electron chi connectivity index (χ2n) is 6.41. The molecule has 2 fully saturated rings. The fourth-order valence-corrected chi connectivity index (χ4v) is 4.27. The number of likely N-dealkylation sites (tertiary alicyclic amines) is 1. The van der Waals surface area contributed by atoms with Gasteiger partial charge < -0.3 is 4.90 Å². The number of nitrogens with zero attached hydrogens (tertiary/aromatic N) is 1. The van der Waals surface area contributed by atoms with Crippen molar-refractivity contribution >= 4 is 15.9 Å². The molecule has 1 aliphatic carbocycles. The van der Waals surface area contributed by atoms with Gasteiger partial charge in [-0.25, -0.2) is 17.5 Å². The summed E-state index contributed by atoms with van der Waals surface area (Å²) in [6.07, 6.45) is 3.18. The van der Waals surface area contributed by atoms with Crippen LogP contribution >= 0.6 is 0 Å². The predicted octanol–water partition coefficient (Wildman–Crippen LogP) is 1.81. The zero-order valence-corrected chi connectivity index (χ0v) is 13.9. The lowest BCUT2D eigenvalue weighted by atomic mass is 10.1. The van der Waals surface area contributed by atoms with Crippen LogP contribution in [-0.4, -0.2) is 38.4 Å². The maximum Gasteiger partial charge on any atom is 0.240 e. The Labute approximate surface area is 135 Å². The topological polar surface area (TPSA) is 66.5 Å². The van der Waals surface area contributed by atoms with Crippen molar-refractivity contribution in [3.8, 4) is 0 Å². The van der Waals surface area contributed by atoms with E-state index in [1.807, 2.05) is 4.90 Å². The molecule has 1 saturated heterocycles. The van der Waals surface area contributed by atoms with Crippen LogP contribution in [0.2, 0.25) is 0 Å². The Kier molecular flexibility index (Phi) is 4.42. The van der Waals surface area contributed by atoms with Gasteiger partial charge in [-0.05, 0) is 56.4 Å². The van der Waals surface area contributed by atoms with Gasteiger partial charge in [0, 0.05) is 25.0 Å². The number of rotatable bonds is 4. The third kappa shape index (κ3) is 3.72. The summed E-state index contributed by atoms with van der Waals surface area (Å²) >= 11 is 0. The van der Waals surface area contributed by atoms with Crippen molar-refractivity contribution in [2.24, 2.45) is 5.92 Å². The quantitative estimate of drug-likeness (QED) is 0.909. The number of nitrogens with one attached hydrogen (secondary N) is 1. The molecule has 1 heterocycles. The molecule has 126 valence electrons. The van der Waals surface area contributed by atoms with Gasteiger partial charge in [-0.1, -0.05) is 0 Å². The molecule has 1 amide bonds. The van der Waals surface area contributed by atoms with E-state index < -0.39 is 15.8 Å². The zero-order valence-electron chi connectivity index (χ0n) is 13.1. The smallest absolute Gasteiger partial charge is 0.240 e. The highest BCUT2D eigenvalue weighted by atomic mass is 32.2. The highest BCUT2D eigenvalue weighted by molar-refractivity contribution is 7.89. The number of benzene rings is 1. The zero-order chi connectivity index (χ0) is 16.6. The number of carbonyl (C=O) groups excluding carboxylic acids is 1. The monoisotopic (exact) mass is 340 g/mol. The van der Waals surface area contributed by atoms with Crippen molar-refractivity contribution in [1.29, 1.82) is 0 Å². The summed E-state index contributed by atoms with van der Waals surface area (Å²) in [4.78, 5) is 13.9. The first-order valence-corrected chi connectivity index (χ1v) is 9.42. The molecule has 0 atom stereocenters. The minimum Gasteiger partial charge on any atom is -0.342 e. The van der Waals surface area contributed by atoms with Crippen LogP contribution in [-0.2, 0) is 14.8 Å². The Hall–Kier alpha value is -1.47. The number of piperidine rings is 1. The largest absolute Gasteiger partial charge is 0.342 e. The van der Waals surface area contributed by atoms with E-state index in [1.165, 1.54) is 25.1 Å². The molecule has 3 rings (SSSR count). The molecule has 0 aromatic heterocycles. The summed E-state index contributed by atoms with van der Waals surface area (Å²) in [5.74, 6) is -0.0123. The van der Waals surface area contributed by atoms with Crippen LogP contribution in [0.25, 0.3) is 0 Å². The van der Waals surface area contributed by atoms with Crippen LogP contribution in [0.3, 0.4) is 0 Å². The first kappa shape index (κ1) is 16.4. The van der Waals surface area contributed by atoms with Crippen LogP contribution < -0.4 is 4.72 Å². The molecule has 0 spiro atoms. The van der Waals surface area contributed by atoms with Crippen LogP contribution in [0, 0.1) is 18.7 Å². The summed E-state index contributed by atoms with van der Waals surface area (Å²) in [7, 11) is -3.66. The summed E-state index contributed by atoms with van der Waals surface area (Å²) in [5, 5.41) is 0. The van der Waals surface area contributed by atoms with Gasteiger partial charge in [-0.15, -0.1) is 0 Å². The van der Waals surface area contributed by atoms with E-state index in [4.69, 9.17) is 0 Å². The first-order chi connectivity index (χ1) is 10.9. The second-order valence-corrected chi connectivity index (χ2v) is 8.12. The molecule has 0 unspecified atom stereocenters. The third-order valence-electron chi connectivity index (χ3n) is 4.49. The van der Waals surface area contributed by atoms with Crippen molar-refractivity contribution in [2.45, 2.75) is 43.5 Å². The van der Waals surface area contributed by atoms with E-state index in [1.54, 1.807) is 0 Å². The lowest BCUT2D eigenvalue weighted by Gasteiger charge is -2.32. The Bertz CT molecular complexity index is 708. The number of halogens is 1. The lowest BCUT2D eigenvalue weighted by molar-refractivity contribution is -0.133. The Morgan fingerprint density at radius 3 is 2.43 bits per heavy atom. The van der Waals surface area contributed by atoms with E-state index in [0.29, 0.717) is 31.5 Å². The number of amides is 1. The average Bonchev–Trinajstić information content (AvgIpc) is 3.34. The first-order valence-electron chi connectivity index (χ1n) is 7.94. The maximum atomic E-state index is 13.3. The number of hydrogen-bond donors (Lipinski definition) is 1. The summed E-state index contributed by atoms with van der Waals surface area (Å²) in [6.45, 7) is 2.71. The van der Waals surface area contributed by atoms with E-state index >= 15 is 0 Å². The Balaban J connectivity index is 1.60. The van der Waals surface area contributed by atoms with Crippen molar-refractivity contribution in [2.75, 3.05) is 13.1 Å². The van der Waals surface area contributed by atoms with E-state index in [2.05, 4.69) is 4.72 Å². The number of hydrogen-bond acceptors (Lipinski definition) is 3. The second kappa shape index (κ2) is 6.20. The molecule has 1 aromatic rings. The van der Waals surface area contributed by atoms with Crippen molar-refractivity contribution in [3.05, 3.63) is 29.6 Å². The summed E-state index contributed by atoms with van der Waals surface area (Å²) < 4.78 is 40.7. The molecule has 0 bridgehead atoms. The number of carbonyl (C=O) groups is 1. The standard InChI is InChI=1S/C16H21FN2O3S/c1-11-10-14(4-5-15(11)17)23(21,22)18-13-6-8-19(9-7-13)16(20)12-2-3-12/h4-5,10,12-13,18H,2-3,6-9H2,1H3. The SMILES string of the molecule is Cc1cc(S(=O)(=O)NC2CCN(C(=O)C3CC3)CC2)ccc1F. The fraction of sp³-hybridized carbons (Fsp3) is 0.562. The number of aryl methyl sites for hydroxylation is 1. The van der Waals surface area contributed by atoms with Crippen molar-refractivity contribution in [3.63, 3.8) is 0 Å². The maximum absolute atomic E-state index is 13.3. The van der Waals surface area contributed by atoms with E-state index in [9.17, 15) is 17.6 Å². The van der Waals surface area contributed by atoms with Gasteiger partial charge in [0.25, 0.3) is 0 Å². The lowest BCUT2D eigenvalue weighted by Crippen LogP contribution is -2.46. The highest BCUT2D eigenvalue weighted by Gasteiger charge is 2.35. The highest BCUT2D eigenvalue weighted by Crippen LogP contribution is 2.32. The van der Waals surface area contributed by atoms with Crippen LogP contribution in [0.5, 0.6) is 0 Å². The van der Waals surface area contributed by atoms with E-state index in [0.717, 1.165) is 12.8 Å². The molecule has 1 N–H and O–H groups in total. The van der Waals surface area contributed by atoms with Gasteiger partial charge in [0.1, 0.15) is 5.82 Å². The minimum atomic E-state index is -3.66. The van der Waals surface area contributed by atoms with Crippen LogP contribution in [0.1, 0.15) is 31.2 Å². The molecule has 0 radical (unpaired) electrons. The molecule has 1 saturated carbocycles. The molecular formula is C16H21FN2O3S. The van der Waals surface area contributed by atoms with Crippen molar-refractivity contribution < 1.29 is 17.6 Å².